The zero-order valence-corrected chi connectivity index (χ0v) is 42.5. The average molecular weight is 1010 g/mol. The van der Waals surface area contributed by atoms with Gasteiger partial charge in [-0.1, -0.05) is 123 Å². The maximum Gasteiger partial charge on any atom is 0.308 e. The number of ether oxygens (including phenoxy) is 3. The lowest BCUT2D eigenvalue weighted by Crippen LogP contribution is -2.59. The fourth-order valence-corrected chi connectivity index (χ4v) is 6.95. The Balaban J connectivity index is 0.00000187. The number of aryl methyl sites for hydroxylation is 1. The van der Waals surface area contributed by atoms with Crippen LogP contribution in [0.3, 0.4) is 0 Å². The number of nitrogens with zero attached hydrogens (tertiary/aromatic N) is 3. The molecule has 1 aromatic heterocycles. The van der Waals surface area contributed by atoms with Gasteiger partial charge in [0, 0.05) is 52.3 Å². The highest BCUT2D eigenvalue weighted by Gasteiger charge is 2.34. The van der Waals surface area contributed by atoms with Gasteiger partial charge in [-0.3, -0.25) is 33.6 Å². The molecule has 21 nitrogen and oxygen atoms in total. The lowest BCUT2D eigenvalue weighted by Gasteiger charge is -2.27. The summed E-state index contributed by atoms with van der Waals surface area (Å²) in [6.07, 6.45) is 2.63. The molecular formula is C52H75N11O10. The molecule has 4 atom stereocenters. The van der Waals surface area contributed by atoms with Crippen LogP contribution in [0.2, 0.25) is 0 Å². The van der Waals surface area contributed by atoms with Crippen LogP contribution >= 0.6 is 0 Å². The first-order valence-corrected chi connectivity index (χ1v) is 24.7. The molecule has 4 aromatic rings. The maximum atomic E-state index is 14.2. The molecule has 21 heteroatoms. The Bertz CT molecular complexity index is 2250. The third-order valence-corrected chi connectivity index (χ3v) is 10.6. The molecule has 0 unspecified atom stereocenters. The van der Waals surface area contributed by atoms with Crippen molar-refractivity contribution < 1.29 is 47.8 Å². The zero-order chi connectivity index (χ0) is 53.2. The monoisotopic (exact) mass is 1010 g/mol. The Labute approximate surface area is 428 Å². The third kappa shape index (κ3) is 25.7. The van der Waals surface area contributed by atoms with Gasteiger partial charge >= 0.3 is 11.9 Å². The molecular weight excluding hydrogens is 939 g/mol. The van der Waals surface area contributed by atoms with Gasteiger partial charge in [-0.05, 0) is 35.4 Å². The summed E-state index contributed by atoms with van der Waals surface area (Å²) in [5, 5.41) is 24.5. The van der Waals surface area contributed by atoms with Gasteiger partial charge in [0.25, 0.3) is 0 Å². The van der Waals surface area contributed by atoms with Crippen molar-refractivity contribution in [2.75, 3.05) is 45.9 Å². The normalized spacial score (nSPS) is 12.4. The Morgan fingerprint density at radius 3 is 1.62 bits per heavy atom. The first kappa shape index (κ1) is 60.2. The van der Waals surface area contributed by atoms with E-state index in [1.165, 1.54) is 0 Å². The Morgan fingerprint density at radius 2 is 1.11 bits per heavy atom. The van der Waals surface area contributed by atoms with Crippen LogP contribution < -0.4 is 43.4 Å². The van der Waals surface area contributed by atoms with Crippen LogP contribution in [0.4, 0.5) is 0 Å². The minimum absolute atomic E-state index is 0.0838. The van der Waals surface area contributed by atoms with E-state index in [1.54, 1.807) is 65.3 Å². The number of rotatable bonds is 32. The Kier molecular flexibility index (Phi) is 29.0. The smallest absolute Gasteiger partial charge is 0.308 e. The van der Waals surface area contributed by atoms with E-state index in [-0.39, 0.29) is 45.1 Å². The van der Waals surface area contributed by atoms with Gasteiger partial charge in [0.15, 0.2) is 0 Å². The largest absolute Gasteiger partial charge is 0.461 e. The van der Waals surface area contributed by atoms with Gasteiger partial charge in [0.05, 0.1) is 38.3 Å². The fourth-order valence-electron chi connectivity index (χ4n) is 6.95. The summed E-state index contributed by atoms with van der Waals surface area (Å²) in [5.74, 6) is -5.52. The second kappa shape index (κ2) is 35.1. The molecule has 0 saturated carbocycles. The standard InChI is InChI=1S/C48H62N8O10.C4H13N3/c1-5-15-38-30-56(55-54-38)23-25-64-24-22-49-45(60)40(27-35-16-9-6-10-17-35)52-46(61)39(26-33(2)3)51-48(63)42(29-44(59)66-32-37-20-13-8-14-21-37)53-47(62)41(50-34(4)57)28-43(58)65-31-36-18-11-7-12-19-36;5-1-3-7-4-2-6/h6-14,16-21,30,33,39-42H,5,15,22-29,31-32H2,1-4H3,(H,49,60)(H,50,57)(H,51,63)(H,52,61)(H,53,62);7H,1-6H2/t39-,40+,41-,42+;/m1./s1. The molecule has 398 valence electrons. The van der Waals surface area contributed by atoms with Crippen LogP contribution in [0, 0.1) is 5.92 Å². The summed E-state index contributed by atoms with van der Waals surface area (Å²) in [7, 11) is 0. The number of hydrogen-bond donors (Lipinski definition) is 8. The van der Waals surface area contributed by atoms with Crippen molar-refractivity contribution in [2.24, 2.45) is 17.4 Å². The van der Waals surface area contributed by atoms with Gasteiger partial charge < -0.3 is 57.6 Å². The summed E-state index contributed by atoms with van der Waals surface area (Å²) >= 11 is 0. The van der Waals surface area contributed by atoms with Crippen molar-refractivity contribution in [1.29, 1.82) is 0 Å². The Hall–Kier alpha value is -7.07. The molecule has 0 fully saturated rings. The quantitative estimate of drug-likeness (QED) is 0.0253. The van der Waals surface area contributed by atoms with E-state index < -0.39 is 78.5 Å². The predicted molar refractivity (Wildman–Crippen MR) is 274 cm³/mol. The molecule has 0 radical (unpaired) electrons. The topological polar surface area (TPSA) is 302 Å². The third-order valence-electron chi connectivity index (χ3n) is 10.6. The average Bonchev–Trinajstić information content (AvgIpc) is 3.83. The molecule has 0 aliphatic heterocycles. The van der Waals surface area contributed by atoms with Crippen LogP contribution in [0.1, 0.15) is 75.8 Å². The summed E-state index contributed by atoms with van der Waals surface area (Å²) in [5.41, 5.74) is 13.4. The SMILES string of the molecule is CCCc1cn(CCOCCNC(=O)[C@H](Cc2ccccc2)NC(=O)[C@@H](CC(C)C)NC(=O)[C@H](CC(=O)OCc2ccccc2)NC(=O)[C@@H](CC(=O)OCc2ccccc2)NC(C)=O)nn1.NCCNCCN. The van der Waals surface area contributed by atoms with Crippen LogP contribution in [-0.2, 0) is 80.4 Å². The van der Waals surface area contributed by atoms with Crippen LogP contribution in [0.25, 0.3) is 0 Å². The summed E-state index contributed by atoms with van der Waals surface area (Å²) in [6.45, 7) is 11.0. The first-order valence-electron chi connectivity index (χ1n) is 24.7. The highest BCUT2D eigenvalue weighted by Crippen LogP contribution is 2.11. The van der Waals surface area contributed by atoms with E-state index in [0.29, 0.717) is 37.4 Å². The van der Waals surface area contributed by atoms with E-state index in [2.05, 4.69) is 49.1 Å². The van der Waals surface area contributed by atoms with Crippen molar-refractivity contribution in [2.45, 2.75) is 110 Å². The van der Waals surface area contributed by atoms with Crippen LogP contribution in [0.5, 0.6) is 0 Å². The maximum absolute atomic E-state index is 14.2. The number of nitrogens with two attached hydrogens (primary N) is 2. The van der Waals surface area contributed by atoms with Crippen LogP contribution in [0.15, 0.2) is 97.2 Å². The van der Waals surface area contributed by atoms with E-state index in [1.807, 2.05) is 50.4 Å². The van der Waals surface area contributed by atoms with Crippen LogP contribution in [-0.4, -0.2) is 127 Å². The number of aromatic nitrogens is 3. The zero-order valence-electron chi connectivity index (χ0n) is 42.5. The van der Waals surface area contributed by atoms with E-state index in [4.69, 9.17) is 25.7 Å². The number of esters is 2. The minimum atomic E-state index is -1.63. The molecule has 0 aliphatic rings. The van der Waals surface area contributed by atoms with Gasteiger partial charge in [-0.2, -0.15) is 0 Å². The van der Waals surface area contributed by atoms with E-state index in [0.717, 1.165) is 44.1 Å². The molecule has 0 saturated heterocycles. The number of carbonyl (C=O) groups is 7. The number of hydrogen-bond acceptors (Lipinski definition) is 15. The summed E-state index contributed by atoms with van der Waals surface area (Å²) in [6, 6.07) is 21.3. The number of nitrogens with one attached hydrogen (secondary N) is 6. The van der Waals surface area contributed by atoms with Crippen molar-refractivity contribution >= 4 is 41.5 Å². The molecule has 73 heavy (non-hydrogen) atoms. The van der Waals surface area contributed by atoms with Gasteiger partial charge in [-0.25, -0.2) is 4.68 Å². The lowest BCUT2D eigenvalue weighted by molar-refractivity contribution is -0.149. The second-order valence-electron chi connectivity index (χ2n) is 17.4. The molecule has 4 rings (SSSR count). The highest BCUT2D eigenvalue weighted by atomic mass is 16.5. The summed E-state index contributed by atoms with van der Waals surface area (Å²) < 4.78 is 18.2. The van der Waals surface area contributed by atoms with E-state index >= 15 is 0 Å². The van der Waals surface area contributed by atoms with Gasteiger partial charge in [0.2, 0.25) is 29.5 Å². The molecule has 0 spiro atoms. The molecule has 0 aliphatic carbocycles. The van der Waals surface area contributed by atoms with E-state index in [9.17, 15) is 33.6 Å². The molecule has 3 aromatic carbocycles. The number of amides is 5. The van der Waals surface area contributed by atoms with Crippen molar-refractivity contribution in [3.63, 3.8) is 0 Å². The van der Waals surface area contributed by atoms with Crippen molar-refractivity contribution in [1.82, 2.24) is 46.9 Å². The molecule has 0 bridgehead atoms. The molecule has 1 heterocycles. The molecule has 5 amide bonds. The van der Waals surface area contributed by atoms with Crippen molar-refractivity contribution in [3.8, 4) is 0 Å². The number of benzene rings is 3. The first-order chi connectivity index (χ1) is 35.2. The lowest BCUT2D eigenvalue weighted by atomic mass is 10.0. The minimum Gasteiger partial charge on any atom is -0.461 e. The van der Waals surface area contributed by atoms with Crippen molar-refractivity contribution in [3.05, 3.63) is 120 Å². The molecule has 10 N–H and O–H groups in total. The summed E-state index contributed by atoms with van der Waals surface area (Å²) in [4.78, 5) is 94.1. The Morgan fingerprint density at radius 1 is 0.616 bits per heavy atom. The van der Waals surface area contributed by atoms with Gasteiger partial charge in [-0.15, -0.1) is 5.10 Å². The second-order valence-corrected chi connectivity index (χ2v) is 17.4. The number of carbonyl (C=O) groups excluding carboxylic acids is 7. The van der Waals surface area contributed by atoms with Gasteiger partial charge in [0.1, 0.15) is 37.4 Å². The fraction of sp³-hybridized carbons (Fsp3) is 0.481. The highest BCUT2D eigenvalue weighted by molar-refractivity contribution is 5.97. The predicted octanol–water partition coefficient (Wildman–Crippen LogP) is 1.37.